The summed E-state index contributed by atoms with van der Waals surface area (Å²) in [6.07, 6.45) is -0.0855. The molecule has 9 nitrogen and oxygen atoms in total. The van der Waals surface area contributed by atoms with Gasteiger partial charge in [0.1, 0.15) is 17.5 Å². The maximum atomic E-state index is 12.4. The number of quaternary nitrogens is 1. The van der Waals surface area contributed by atoms with Crippen molar-refractivity contribution in [3.05, 3.63) is 27.8 Å². The van der Waals surface area contributed by atoms with Gasteiger partial charge in [0.15, 0.2) is 0 Å². The van der Waals surface area contributed by atoms with Crippen LogP contribution >= 0.6 is 0 Å². The molecule has 0 aromatic heterocycles. The van der Waals surface area contributed by atoms with Crippen molar-refractivity contribution in [2.75, 3.05) is 18.5 Å². The van der Waals surface area contributed by atoms with Gasteiger partial charge in [-0.05, 0) is 12.5 Å². The predicted octanol–water partition coefficient (Wildman–Crippen LogP) is -1.37. The van der Waals surface area contributed by atoms with Crippen LogP contribution in [0.15, 0.2) is 12.1 Å². The minimum atomic E-state index is -2.74. The number of aliphatic carboxylic acids is 1. The molecule has 23 heavy (non-hydrogen) atoms. The zero-order chi connectivity index (χ0) is 19.6. The molecule has 9 heteroatoms. The Balaban J connectivity index is 2.33. The van der Waals surface area contributed by atoms with Gasteiger partial charge in [0.25, 0.3) is 5.69 Å². The highest BCUT2D eigenvalue weighted by Crippen LogP contribution is 2.42. The number of nitro benzene ring substituents is 1. The van der Waals surface area contributed by atoms with Crippen LogP contribution in [0, 0.1) is 10.1 Å². The second-order valence-corrected chi connectivity index (χ2v) is 5.12. The highest BCUT2D eigenvalue weighted by atomic mass is 16.6. The van der Waals surface area contributed by atoms with Crippen LogP contribution in [-0.2, 0) is 16.0 Å². The number of hydrogen-bond acceptors (Lipinski definition) is 6. The first-order valence-electron chi connectivity index (χ1n) is 8.35. The molecule has 1 amide bonds. The first-order chi connectivity index (χ1) is 12.0. The number of methoxy groups -OCH3 is 1. The number of rotatable bonds is 6. The maximum Gasteiger partial charge on any atom is 0.293 e. The van der Waals surface area contributed by atoms with Crippen molar-refractivity contribution >= 4 is 23.3 Å². The minimum absolute atomic E-state index is 0.0178. The number of nitro groups is 1. The number of carboxylic acids is 1. The fourth-order valence-electron chi connectivity index (χ4n) is 2.53. The van der Waals surface area contributed by atoms with Crippen LogP contribution in [0.3, 0.4) is 0 Å². The van der Waals surface area contributed by atoms with Gasteiger partial charge < -0.3 is 25.3 Å². The van der Waals surface area contributed by atoms with Crippen molar-refractivity contribution in [1.29, 1.82) is 0 Å². The van der Waals surface area contributed by atoms with E-state index in [-0.39, 0.29) is 48.5 Å². The van der Waals surface area contributed by atoms with E-state index in [1.807, 2.05) is 0 Å². The van der Waals surface area contributed by atoms with E-state index in [0.29, 0.717) is 0 Å². The van der Waals surface area contributed by atoms with E-state index in [4.69, 9.17) is 8.85 Å². The molecule has 3 N–H and O–H groups in total. The molecule has 0 fully saturated rings. The summed E-state index contributed by atoms with van der Waals surface area (Å²) in [5, 5.41) is 22.0. The van der Waals surface area contributed by atoms with Gasteiger partial charge in [-0.25, -0.2) is 0 Å². The summed E-state index contributed by atoms with van der Waals surface area (Å²) in [6, 6.07) is 1.19. The van der Waals surface area contributed by atoms with Gasteiger partial charge in [-0.2, -0.15) is 0 Å². The molecule has 0 aliphatic carbocycles. The molecule has 0 bridgehead atoms. The number of amides is 1. The number of ether oxygens (including phenoxy) is 1. The summed E-state index contributed by atoms with van der Waals surface area (Å²) >= 11 is 0. The monoisotopic (exact) mass is 326 g/mol. The molecular formula is C14H17N3O6. The molecule has 0 saturated carbocycles. The third-order valence-electron chi connectivity index (χ3n) is 3.72. The van der Waals surface area contributed by atoms with E-state index >= 15 is 0 Å². The first-order valence-corrected chi connectivity index (χ1v) is 6.85. The Morgan fingerprint density at radius 1 is 1.57 bits per heavy atom. The molecule has 0 spiro atoms. The van der Waals surface area contributed by atoms with Crippen molar-refractivity contribution in [2.24, 2.45) is 0 Å². The third-order valence-corrected chi connectivity index (χ3v) is 3.72. The van der Waals surface area contributed by atoms with Crippen LogP contribution < -0.4 is 20.5 Å². The zero-order valence-corrected chi connectivity index (χ0v) is 12.1. The largest absolute Gasteiger partial charge is 0.544 e. The average molecular weight is 326 g/mol. The van der Waals surface area contributed by atoms with Gasteiger partial charge in [-0.3, -0.25) is 14.9 Å². The molecule has 1 atom stereocenters. The molecule has 1 aromatic rings. The van der Waals surface area contributed by atoms with Crippen molar-refractivity contribution in [2.45, 2.75) is 25.3 Å². The van der Waals surface area contributed by atoms with Gasteiger partial charge >= 0.3 is 0 Å². The Morgan fingerprint density at radius 3 is 2.91 bits per heavy atom. The second-order valence-electron chi connectivity index (χ2n) is 5.12. The lowest BCUT2D eigenvalue weighted by Crippen LogP contribution is -2.68. The number of carboxylic acid groups (broad SMARTS) is 1. The number of hydrogen-bond donors (Lipinski definition) is 1. The number of nitrogens with zero attached hydrogens (tertiary/aromatic N) is 2. The Morgan fingerprint density at radius 2 is 2.30 bits per heavy atom. The fourth-order valence-corrected chi connectivity index (χ4v) is 2.53. The predicted molar refractivity (Wildman–Crippen MR) is 76.6 cm³/mol. The van der Waals surface area contributed by atoms with Crippen LogP contribution in [0.1, 0.15) is 22.5 Å². The lowest BCUT2D eigenvalue weighted by molar-refractivity contribution is -0.438. The van der Waals surface area contributed by atoms with Crippen LogP contribution in [0.2, 0.25) is 0 Å². The van der Waals surface area contributed by atoms with E-state index in [1.54, 1.807) is 0 Å². The molecule has 1 aliphatic heterocycles. The Labute approximate surface area is 136 Å². The van der Waals surface area contributed by atoms with Crippen molar-refractivity contribution in [1.82, 2.24) is 0 Å². The normalized spacial score (nSPS) is 16.7. The highest BCUT2D eigenvalue weighted by molar-refractivity contribution is 5.99. The summed E-state index contributed by atoms with van der Waals surface area (Å²) in [5.74, 6) is -1.96. The molecule has 2 rings (SSSR count). The molecule has 0 unspecified atom stereocenters. The first kappa shape index (κ1) is 12.8. The number of anilines is 1. The Kier molecular flexibility index (Phi) is 3.69. The van der Waals surface area contributed by atoms with Crippen molar-refractivity contribution in [3.8, 4) is 5.75 Å². The SMILES string of the molecule is [2H]C([2H])([2H])Oc1ccc([N+](=O)[O-])c2c1CCN2C(=O)CC[C@H]([NH3+])C(=O)[O-]. The maximum absolute atomic E-state index is 12.4. The number of carbonyl (C=O) groups is 2. The molecule has 1 aliphatic rings. The summed E-state index contributed by atoms with van der Waals surface area (Å²) in [6.45, 7) is 0.101. The van der Waals surface area contributed by atoms with Crippen LogP contribution in [0.4, 0.5) is 11.4 Å². The highest BCUT2D eigenvalue weighted by Gasteiger charge is 2.34. The van der Waals surface area contributed by atoms with Crippen molar-refractivity contribution in [3.63, 3.8) is 0 Å². The van der Waals surface area contributed by atoms with Gasteiger partial charge in [0, 0.05) is 31.0 Å². The number of benzene rings is 1. The summed E-state index contributed by atoms with van der Waals surface area (Å²) in [4.78, 5) is 34.9. The molecule has 1 aromatic carbocycles. The quantitative estimate of drug-likeness (QED) is 0.505. The zero-order valence-electron chi connectivity index (χ0n) is 15.1. The van der Waals surface area contributed by atoms with E-state index < -0.39 is 29.9 Å². The van der Waals surface area contributed by atoms with Gasteiger partial charge in [-0.15, -0.1) is 0 Å². The summed E-state index contributed by atoms with van der Waals surface area (Å²) < 4.78 is 26.4. The number of fused-ring (bicyclic) bond motifs is 1. The minimum Gasteiger partial charge on any atom is -0.544 e. The standard InChI is InChI=1S/C14H17N3O6/c1-23-11-4-3-10(17(21)22)13-8(11)6-7-16(13)12(18)5-2-9(15)14(19)20/h3-4,9H,2,5-7,15H2,1H3,(H,19,20)/t9-/m0/s1/i1D3. The van der Waals surface area contributed by atoms with Crippen LogP contribution in [0.25, 0.3) is 0 Å². The Bertz CT molecular complexity index is 752. The second kappa shape index (κ2) is 6.61. The van der Waals surface area contributed by atoms with Crippen molar-refractivity contribution < 1.29 is 34.2 Å². The van der Waals surface area contributed by atoms with Crippen LogP contribution in [-0.4, -0.2) is 36.4 Å². The van der Waals surface area contributed by atoms with Gasteiger partial charge in [0.2, 0.25) is 5.91 Å². The molecule has 0 saturated heterocycles. The lowest BCUT2D eigenvalue weighted by atomic mass is 10.1. The smallest absolute Gasteiger partial charge is 0.293 e. The van der Waals surface area contributed by atoms with E-state index in [2.05, 4.69) is 5.73 Å². The van der Waals surface area contributed by atoms with Gasteiger partial charge in [-0.1, -0.05) is 0 Å². The third kappa shape index (κ3) is 3.24. The topological polar surface area (TPSA) is 140 Å². The summed E-state index contributed by atoms with van der Waals surface area (Å²) in [5.41, 5.74) is 3.25. The van der Waals surface area contributed by atoms with E-state index in [1.165, 1.54) is 6.07 Å². The number of carbonyl (C=O) groups excluding carboxylic acids is 2. The molecule has 124 valence electrons. The van der Waals surface area contributed by atoms with E-state index in [9.17, 15) is 24.8 Å². The van der Waals surface area contributed by atoms with E-state index in [0.717, 1.165) is 11.0 Å². The molecule has 0 radical (unpaired) electrons. The molecular weight excluding hydrogens is 306 g/mol. The summed E-state index contributed by atoms with van der Waals surface area (Å²) in [7, 11) is -2.74. The fraction of sp³-hybridized carbons (Fsp3) is 0.429. The molecule has 1 heterocycles. The lowest BCUT2D eigenvalue weighted by Gasteiger charge is -2.18. The van der Waals surface area contributed by atoms with Crippen LogP contribution in [0.5, 0.6) is 5.75 Å². The average Bonchev–Trinajstić information content (AvgIpc) is 2.96. The van der Waals surface area contributed by atoms with Gasteiger partial charge in [0.05, 0.1) is 22.0 Å². The Hall–Kier alpha value is -2.68.